The highest BCUT2D eigenvalue weighted by Gasteiger charge is 2.07. The number of rotatable bonds is 6. The van der Waals surface area contributed by atoms with E-state index in [4.69, 9.17) is 4.74 Å². The molecule has 3 rings (SSSR count). The molecule has 0 spiro atoms. The lowest BCUT2D eigenvalue weighted by Gasteiger charge is -2.10. The van der Waals surface area contributed by atoms with Crippen molar-refractivity contribution >= 4 is 28.4 Å². The molecule has 0 heterocycles. The van der Waals surface area contributed by atoms with Gasteiger partial charge in [-0.05, 0) is 35.9 Å². The molecule has 0 saturated heterocycles. The summed E-state index contributed by atoms with van der Waals surface area (Å²) >= 11 is 0. The second-order valence-electron chi connectivity index (χ2n) is 5.31. The van der Waals surface area contributed by atoms with Crippen molar-refractivity contribution in [1.82, 2.24) is 0 Å². The van der Waals surface area contributed by atoms with Gasteiger partial charge in [-0.25, -0.2) is 0 Å². The van der Waals surface area contributed by atoms with Crippen LogP contribution in [-0.4, -0.2) is 17.7 Å². The third-order valence-corrected chi connectivity index (χ3v) is 3.70. The largest absolute Gasteiger partial charge is 0.493 e. The Balaban J connectivity index is 1.87. The molecule has 0 aliphatic carbocycles. The molecule has 6 nitrogen and oxygen atoms in total. The lowest BCUT2D eigenvalue weighted by molar-refractivity contribution is -0.384. The van der Waals surface area contributed by atoms with Crippen molar-refractivity contribution < 1.29 is 9.66 Å². The van der Waals surface area contributed by atoms with Crippen molar-refractivity contribution in [3.8, 4) is 5.75 Å². The molecule has 0 amide bonds. The topological polar surface area (TPSA) is 76.8 Å². The van der Waals surface area contributed by atoms with Crippen molar-refractivity contribution in [2.75, 3.05) is 12.0 Å². The van der Waals surface area contributed by atoms with Gasteiger partial charge in [0.2, 0.25) is 0 Å². The Morgan fingerprint density at radius 3 is 2.60 bits per heavy atom. The number of fused-ring (bicyclic) bond motifs is 1. The van der Waals surface area contributed by atoms with Gasteiger partial charge < -0.3 is 4.74 Å². The maximum Gasteiger partial charge on any atom is 0.269 e. The fourth-order valence-corrected chi connectivity index (χ4v) is 2.52. The summed E-state index contributed by atoms with van der Waals surface area (Å²) in [4.78, 5) is 10.2. The minimum absolute atomic E-state index is 0.0437. The van der Waals surface area contributed by atoms with Crippen LogP contribution >= 0.6 is 0 Å². The van der Waals surface area contributed by atoms with Gasteiger partial charge >= 0.3 is 0 Å². The standard InChI is InChI=1S/C19H17N3O3/c1-2-25-19-12-7-14-5-3-4-6-17(14)18(19)13-20-21-15-8-10-16(11-9-15)22(23)24/h3-13,21H,2H2,1H3/b20-13+. The van der Waals surface area contributed by atoms with Crippen LogP contribution in [0.4, 0.5) is 11.4 Å². The number of benzene rings is 3. The van der Waals surface area contributed by atoms with E-state index < -0.39 is 4.92 Å². The summed E-state index contributed by atoms with van der Waals surface area (Å²) in [6, 6.07) is 18.0. The van der Waals surface area contributed by atoms with E-state index in [0.29, 0.717) is 12.3 Å². The summed E-state index contributed by atoms with van der Waals surface area (Å²) < 4.78 is 5.70. The highest BCUT2D eigenvalue weighted by atomic mass is 16.6. The number of nitro groups is 1. The monoisotopic (exact) mass is 335 g/mol. The average Bonchev–Trinajstić information content (AvgIpc) is 2.64. The number of anilines is 1. The van der Waals surface area contributed by atoms with Crippen LogP contribution in [0, 0.1) is 10.1 Å². The van der Waals surface area contributed by atoms with Crippen LogP contribution in [0.5, 0.6) is 5.75 Å². The van der Waals surface area contributed by atoms with Crippen LogP contribution in [0.15, 0.2) is 65.8 Å². The minimum atomic E-state index is -0.433. The zero-order valence-electron chi connectivity index (χ0n) is 13.7. The fourth-order valence-electron chi connectivity index (χ4n) is 2.52. The van der Waals surface area contributed by atoms with Crippen LogP contribution in [-0.2, 0) is 0 Å². The number of ether oxygens (including phenoxy) is 1. The molecule has 0 aliphatic rings. The highest BCUT2D eigenvalue weighted by Crippen LogP contribution is 2.26. The Labute approximate surface area is 144 Å². The first kappa shape index (κ1) is 16.4. The molecule has 0 aliphatic heterocycles. The van der Waals surface area contributed by atoms with Crippen LogP contribution in [0.2, 0.25) is 0 Å². The molecule has 0 fully saturated rings. The second-order valence-corrected chi connectivity index (χ2v) is 5.31. The van der Waals surface area contributed by atoms with Crippen LogP contribution in [0.3, 0.4) is 0 Å². The number of nitrogens with one attached hydrogen (secondary N) is 1. The first-order valence-corrected chi connectivity index (χ1v) is 7.87. The molecule has 3 aromatic rings. The number of hydrogen-bond acceptors (Lipinski definition) is 5. The summed E-state index contributed by atoms with van der Waals surface area (Å²) in [5, 5.41) is 17.1. The number of non-ortho nitro benzene ring substituents is 1. The molecule has 6 heteroatoms. The van der Waals surface area contributed by atoms with E-state index in [0.717, 1.165) is 22.1 Å². The van der Waals surface area contributed by atoms with Crippen molar-refractivity contribution in [1.29, 1.82) is 0 Å². The first-order valence-electron chi connectivity index (χ1n) is 7.87. The summed E-state index contributed by atoms with van der Waals surface area (Å²) in [7, 11) is 0. The number of nitrogens with zero attached hydrogens (tertiary/aromatic N) is 2. The van der Waals surface area contributed by atoms with Gasteiger partial charge in [-0.15, -0.1) is 0 Å². The van der Waals surface area contributed by atoms with Crippen LogP contribution in [0.1, 0.15) is 12.5 Å². The Kier molecular flexibility index (Phi) is 4.89. The molecule has 0 saturated carbocycles. The summed E-state index contributed by atoms with van der Waals surface area (Å²) in [5.41, 5.74) is 4.48. The molecule has 0 aromatic heterocycles. The molecule has 25 heavy (non-hydrogen) atoms. The van der Waals surface area contributed by atoms with Gasteiger partial charge in [0.15, 0.2) is 0 Å². The molecule has 1 N–H and O–H groups in total. The van der Waals surface area contributed by atoms with E-state index in [1.165, 1.54) is 12.1 Å². The van der Waals surface area contributed by atoms with Gasteiger partial charge in [0, 0.05) is 17.7 Å². The summed E-state index contributed by atoms with van der Waals surface area (Å²) in [5.74, 6) is 0.760. The zero-order valence-corrected chi connectivity index (χ0v) is 13.7. The fraction of sp³-hybridized carbons (Fsp3) is 0.105. The first-order chi connectivity index (χ1) is 12.2. The minimum Gasteiger partial charge on any atom is -0.493 e. The van der Waals surface area contributed by atoms with Crippen molar-refractivity contribution in [3.63, 3.8) is 0 Å². The van der Waals surface area contributed by atoms with Crippen LogP contribution in [0.25, 0.3) is 10.8 Å². The SMILES string of the molecule is CCOc1ccc2ccccc2c1/C=N/Nc1ccc([N+](=O)[O-])cc1. The number of nitro benzene ring substituents is 1. The van der Waals surface area contributed by atoms with Gasteiger partial charge in [-0.3, -0.25) is 15.5 Å². The van der Waals surface area contributed by atoms with Crippen molar-refractivity contribution in [3.05, 3.63) is 76.3 Å². The van der Waals surface area contributed by atoms with Crippen molar-refractivity contribution in [2.45, 2.75) is 6.92 Å². The number of hydrazone groups is 1. The van der Waals surface area contributed by atoms with E-state index in [2.05, 4.69) is 10.5 Å². The predicted molar refractivity (Wildman–Crippen MR) is 99.4 cm³/mol. The normalized spacial score (nSPS) is 10.9. The lowest BCUT2D eigenvalue weighted by Crippen LogP contribution is -1.98. The second kappa shape index (κ2) is 7.44. The average molecular weight is 335 g/mol. The molecule has 3 aromatic carbocycles. The predicted octanol–water partition coefficient (Wildman–Crippen LogP) is 4.59. The Hall–Kier alpha value is -3.41. The van der Waals surface area contributed by atoms with Gasteiger partial charge in [0.25, 0.3) is 5.69 Å². The van der Waals surface area contributed by atoms with E-state index in [-0.39, 0.29) is 5.69 Å². The van der Waals surface area contributed by atoms with Crippen molar-refractivity contribution in [2.24, 2.45) is 5.10 Å². The van der Waals surface area contributed by atoms with Gasteiger partial charge in [-0.2, -0.15) is 5.10 Å². The Morgan fingerprint density at radius 2 is 1.88 bits per heavy atom. The molecule has 0 atom stereocenters. The van der Waals surface area contributed by atoms with Crippen LogP contribution < -0.4 is 10.2 Å². The summed E-state index contributed by atoms with van der Waals surface area (Å²) in [6.45, 7) is 2.50. The number of hydrogen-bond donors (Lipinski definition) is 1. The van der Waals surface area contributed by atoms with E-state index in [9.17, 15) is 10.1 Å². The Bertz CT molecular complexity index is 921. The van der Waals surface area contributed by atoms with Gasteiger partial charge in [0.1, 0.15) is 5.75 Å². The zero-order chi connectivity index (χ0) is 17.6. The maximum atomic E-state index is 10.7. The molecule has 0 unspecified atom stereocenters. The molecular weight excluding hydrogens is 318 g/mol. The summed E-state index contributed by atoms with van der Waals surface area (Å²) in [6.07, 6.45) is 1.70. The Morgan fingerprint density at radius 1 is 1.12 bits per heavy atom. The molecule has 126 valence electrons. The highest BCUT2D eigenvalue weighted by molar-refractivity contribution is 6.02. The maximum absolute atomic E-state index is 10.7. The van der Waals surface area contributed by atoms with E-state index in [1.54, 1.807) is 18.3 Å². The quantitative estimate of drug-likeness (QED) is 0.406. The van der Waals surface area contributed by atoms with E-state index >= 15 is 0 Å². The van der Waals surface area contributed by atoms with Gasteiger partial charge in [-0.1, -0.05) is 30.3 Å². The lowest BCUT2D eigenvalue weighted by atomic mass is 10.0. The third kappa shape index (κ3) is 3.74. The third-order valence-electron chi connectivity index (χ3n) is 3.70. The molecule has 0 radical (unpaired) electrons. The smallest absolute Gasteiger partial charge is 0.269 e. The van der Waals surface area contributed by atoms with Gasteiger partial charge in [0.05, 0.1) is 23.4 Å². The van der Waals surface area contributed by atoms with E-state index in [1.807, 2.05) is 43.3 Å². The molecule has 0 bridgehead atoms. The molecular formula is C19H17N3O3.